The van der Waals surface area contributed by atoms with Crippen molar-refractivity contribution < 1.29 is 4.79 Å². The molecule has 0 radical (unpaired) electrons. The van der Waals surface area contributed by atoms with Crippen LogP contribution in [0.15, 0.2) is 71.9 Å². The zero-order chi connectivity index (χ0) is 19.1. The minimum Gasteiger partial charge on any atom is -0.352 e. The molecule has 1 heterocycles. The van der Waals surface area contributed by atoms with Gasteiger partial charge in [-0.2, -0.15) is 0 Å². The Balaban J connectivity index is 1.43. The van der Waals surface area contributed by atoms with Gasteiger partial charge in [-0.15, -0.1) is 11.8 Å². The number of hydrogen-bond donors (Lipinski definition) is 1. The lowest BCUT2D eigenvalue weighted by Gasteiger charge is -2.45. The molecule has 0 saturated carbocycles. The minimum atomic E-state index is -0.0273. The Morgan fingerprint density at radius 2 is 1.64 bits per heavy atom. The molecule has 3 aromatic rings. The van der Waals surface area contributed by atoms with Crippen molar-refractivity contribution in [3.8, 4) is 0 Å². The largest absolute Gasteiger partial charge is 0.352 e. The second kappa shape index (κ2) is 7.10. The first-order chi connectivity index (χ1) is 13.8. The first kappa shape index (κ1) is 17.5. The zero-order valence-electron chi connectivity index (χ0n) is 15.8. The highest BCUT2D eigenvalue weighted by Crippen LogP contribution is 2.55. The topological polar surface area (TPSA) is 42.0 Å². The van der Waals surface area contributed by atoms with E-state index in [0.29, 0.717) is 29.9 Å². The molecule has 4 heteroatoms. The maximum absolute atomic E-state index is 12.8. The van der Waals surface area contributed by atoms with E-state index >= 15 is 0 Å². The summed E-state index contributed by atoms with van der Waals surface area (Å²) in [6.07, 6.45) is 4.77. The van der Waals surface area contributed by atoms with Crippen LogP contribution in [0.5, 0.6) is 0 Å². The summed E-state index contributed by atoms with van der Waals surface area (Å²) in [7, 11) is 0. The van der Waals surface area contributed by atoms with Gasteiger partial charge in [-0.25, -0.2) is 4.98 Å². The van der Waals surface area contributed by atoms with Gasteiger partial charge in [0.25, 0.3) is 5.91 Å². The summed E-state index contributed by atoms with van der Waals surface area (Å²) in [6.45, 7) is 0.686. The number of benzene rings is 2. The fraction of sp³-hybridized carbons (Fsp3) is 0.250. The van der Waals surface area contributed by atoms with Crippen molar-refractivity contribution >= 4 is 17.7 Å². The van der Waals surface area contributed by atoms with E-state index in [4.69, 9.17) is 0 Å². The Hall–Kier alpha value is -2.59. The lowest BCUT2D eigenvalue weighted by atomic mass is 9.59. The number of thioether (sulfide) groups is 1. The molecule has 1 atom stereocenters. The molecular formula is C24H22N2OS. The van der Waals surface area contributed by atoms with Gasteiger partial charge in [0.1, 0.15) is 5.03 Å². The van der Waals surface area contributed by atoms with E-state index in [-0.39, 0.29) is 5.91 Å². The highest BCUT2D eigenvalue weighted by Gasteiger charge is 2.42. The standard InChI is InChI=1S/C24H22N2OS/c1-28-24-20(11-6-12-25-24)23(27)26-14-15-13-21-16-7-2-4-9-18(16)22(15)19-10-5-3-8-17(19)21/h2-12,15,21-22H,13-14H2,1H3,(H,26,27). The molecule has 3 aliphatic rings. The Bertz CT molecular complexity index is 1000. The van der Waals surface area contributed by atoms with Crippen molar-refractivity contribution in [2.24, 2.45) is 5.92 Å². The van der Waals surface area contributed by atoms with Gasteiger partial charge in [-0.3, -0.25) is 4.79 Å². The molecule has 28 heavy (non-hydrogen) atoms. The molecule has 3 nitrogen and oxygen atoms in total. The smallest absolute Gasteiger partial charge is 0.254 e. The van der Waals surface area contributed by atoms with Crippen LogP contribution in [0, 0.1) is 5.92 Å². The number of nitrogens with one attached hydrogen (secondary N) is 1. The fourth-order valence-corrected chi connectivity index (χ4v) is 5.55. The number of aromatic nitrogens is 1. The number of fused-ring (bicyclic) bond motifs is 1. The monoisotopic (exact) mass is 386 g/mol. The van der Waals surface area contributed by atoms with Gasteiger partial charge < -0.3 is 5.32 Å². The summed E-state index contributed by atoms with van der Waals surface area (Å²) in [5.41, 5.74) is 6.46. The predicted octanol–water partition coefficient (Wildman–Crippen LogP) is 4.83. The van der Waals surface area contributed by atoms with Crippen LogP contribution in [0.1, 0.15) is 50.9 Å². The van der Waals surface area contributed by atoms with Crippen molar-refractivity contribution in [1.82, 2.24) is 10.3 Å². The highest BCUT2D eigenvalue weighted by atomic mass is 32.2. The molecule has 1 unspecified atom stereocenters. The van der Waals surface area contributed by atoms with Gasteiger partial charge in [-0.1, -0.05) is 48.5 Å². The van der Waals surface area contributed by atoms with Gasteiger partial charge in [0, 0.05) is 24.6 Å². The van der Waals surface area contributed by atoms with Gasteiger partial charge in [-0.05, 0) is 53.0 Å². The molecule has 0 saturated heterocycles. The van der Waals surface area contributed by atoms with Crippen molar-refractivity contribution in [1.29, 1.82) is 0 Å². The third kappa shape index (κ3) is 2.75. The lowest BCUT2D eigenvalue weighted by Crippen LogP contribution is -2.39. The lowest BCUT2D eigenvalue weighted by molar-refractivity contribution is 0.0939. The van der Waals surface area contributed by atoms with Crippen LogP contribution in [0.4, 0.5) is 0 Å². The number of pyridine rings is 1. The van der Waals surface area contributed by atoms with Crippen LogP contribution in [-0.2, 0) is 0 Å². The Labute approximate surface area is 169 Å². The van der Waals surface area contributed by atoms with Crippen molar-refractivity contribution in [2.75, 3.05) is 12.8 Å². The Morgan fingerprint density at radius 1 is 1.00 bits per heavy atom. The van der Waals surface area contributed by atoms with Gasteiger partial charge in [0.05, 0.1) is 5.56 Å². The predicted molar refractivity (Wildman–Crippen MR) is 113 cm³/mol. The number of hydrogen-bond acceptors (Lipinski definition) is 3. The van der Waals surface area contributed by atoms with E-state index in [2.05, 4.69) is 58.8 Å². The molecule has 2 bridgehead atoms. The average molecular weight is 387 g/mol. The second-order valence-corrected chi connectivity index (χ2v) is 8.35. The van der Waals surface area contributed by atoms with Crippen molar-refractivity contribution in [3.05, 3.63) is 94.7 Å². The van der Waals surface area contributed by atoms with Crippen LogP contribution < -0.4 is 5.32 Å². The van der Waals surface area contributed by atoms with Crippen LogP contribution in [-0.4, -0.2) is 23.7 Å². The fourth-order valence-electron chi connectivity index (χ4n) is 5.01. The number of amides is 1. The summed E-state index contributed by atoms with van der Waals surface area (Å²) in [5, 5.41) is 3.98. The minimum absolute atomic E-state index is 0.0273. The normalized spacial score (nSPS) is 21.7. The molecule has 0 aliphatic heterocycles. The summed E-state index contributed by atoms with van der Waals surface area (Å²) in [5.74, 6) is 1.17. The first-order valence-corrected chi connectivity index (χ1v) is 10.9. The van der Waals surface area contributed by atoms with Crippen molar-refractivity contribution in [3.63, 3.8) is 0 Å². The molecule has 1 amide bonds. The van der Waals surface area contributed by atoms with Crippen LogP contribution in [0.2, 0.25) is 0 Å². The summed E-state index contributed by atoms with van der Waals surface area (Å²) < 4.78 is 0. The summed E-state index contributed by atoms with van der Waals surface area (Å²) in [4.78, 5) is 17.1. The van der Waals surface area contributed by atoms with E-state index in [1.807, 2.05) is 18.4 Å². The second-order valence-electron chi connectivity index (χ2n) is 7.55. The molecule has 2 aromatic carbocycles. The third-order valence-electron chi connectivity index (χ3n) is 6.16. The van der Waals surface area contributed by atoms with E-state index in [1.165, 1.54) is 34.0 Å². The molecule has 1 aromatic heterocycles. The molecule has 140 valence electrons. The number of carbonyl (C=O) groups is 1. The number of nitrogens with zero attached hydrogens (tertiary/aromatic N) is 1. The SMILES string of the molecule is CSc1ncccc1C(=O)NCC1CC2c3ccccc3C1c1ccccc12. The first-order valence-electron chi connectivity index (χ1n) is 9.72. The molecule has 0 fully saturated rings. The molecular weight excluding hydrogens is 364 g/mol. The summed E-state index contributed by atoms with van der Waals surface area (Å²) >= 11 is 1.51. The van der Waals surface area contributed by atoms with E-state index < -0.39 is 0 Å². The highest BCUT2D eigenvalue weighted by molar-refractivity contribution is 7.98. The average Bonchev–Trinajstić information content (AvgIpc) is 2.77. The third-order valence-corrected chi connectivity index (χ3v) is 6.87. The van der Waals surface area contributed by atoms with E-state index in [1.54, 1.807) is 6.20 Å². The maximum atomic E-state index is 12.8. The van der Waals surface area contributed by atoms with Crippen LogP contribution >= 0.6 is 11.8 Å². The molecule has 6 rings (SSSR count). The van der Waals surface area contributed by atoms with Gasteiger partial charge in [0.2, 0.25) is 0 Å². The quantitative estimate of drug-likeness (QED) is 0.653. The van der Waals surface area contributed by atoms with E-state index in [9.17, 15) is 4.79 Å². The molecule has 1 N–H and O–H groups in total. The van der Waals surface area contributed by atoms with Gasteiger partial charge in [0.15, 0.2) is 0 Å². The summed E-state index contributed by atoms with van der Waals surface area (Å²) in [6, 6.07) is 21.3. The van der Waals surface area contributed by atoms with Crippen LogP contribution in [0.25, 0.3) is 0 Å². The van der Waals surface area contributed by atoms with Crippen molar-refractivity contribution in [2.45, 2.75) is 23.3 Å². The van der Waals surface area contributed by atoms with E-state index in [0.717, 1.165) is 11.4 Å². The van der Waals surface area contributed by atoms with Crippen LogP contribution in [0.3, 0.4) is 0 Å². The van der Waals surface area contributed by atoms with Gasteiger partial charge >= 0.3 is 0 Å². The zero-order valence-corrected chi connectivity index (χ0v) is 16.6. The molecule has 0 spiro atoms. The molecule has 3 aliphatic carbocycles. The number of rotatable bonds is 4. The Kier molecular flexibility index (Phi) is 4.44. The maximum Gasteiger partial charge on any atom is 0.254 e. The Morgan fingerprint density at radius 3 is 2.29 bits per heavy atom. The number of carbonyl (C=O) groups excluding carboxylic acids is 1.